The fourth-order valence-electron chi connectivity index (χ4n) is 2.52. The van der Waals surface area contributed by atoms with Crippen LogP contribution in [0.5, 0.6) is 0 Å². The minimum Gasteiger partial charge on any atom is -0.318 e. The summed E-state index contributed by atoms with van der Waals surface area (Å²) in [5, 5.41) is 3.07. The van der Waals surface area contributed by atoms with Crippen LogP contribution in [0.25, 0.3) is 0 Å². The minimum absolute atomic E-state index is 0.0389. The van der Waals surface area contributed by atoms with E-state index in [1.807, 2.05) is 20.0 Å². The molecule has 20 heavy (non-hydrogen) atoms. The molecule has 0 bridgehead atoms. The lowest BCUT2D eigenvalue weighted by molar-refractivity contribution is 0.379. The monoisotopic (exact) mass is 424 g/mol. The zero-order valence-electron chi connectivity index (χ0n) is 11.5. The summed E-state index contributed by atoms with van der Waals surface area (Å²) >= 11 is 6.79. The Labute approximate surface area is 137 Å². The summed E-state index contributed by atoms with van der Waals surface area (Å²) in [6, 6.07) is 3.56. The van der Waals surface area contributed by atoms with Gasteiger partial charge in [0, 0.05) is 28.1 Å². The normalized spacial score (nSPS) is 20.5. The maximum absolute atomic E-state index is 12.9. The molecular formula is C13H18Br2N2O2S. The van der Waals surface area contributed by atoms with Crippen LogP contribution >= 0.6 is 31.9 Å². The highest BCUT2D eigenvalue weighted by atomic mass is 79.9. The third-order valence-corrected chi connectivity index (χ3v) is 7.33. The fraction of sp³-hybridized carbons (Fsp3) is 0.538. The first-order valence-corrected chi connectivity index (χ1v) is 9.52. The van der Waals surface area contributed by atoms with Crippen LogP contribution in [0, 0.1) is 6.92 Å². The number of aryl methyl sites for hydroxylation is 1. The van der Waals surface area contributed by atoms with E-state index in [0.717, 1.165) is 22.9 Å². The van der Waals surface area contributed by atoms with Crippen molar-refractivity contribution in [3.05, 3.63) is 26.6 Å². The molecule has 0 saturated carbocycles. The molecule has 1 N–H and O–H groups in total. The van der Waals surface area contributed by atoms with Crippen LogP contribution in [0.15, 0.2) is 26.0 Å². The molecular weight excluding hydrogens is 408 g/mol. The van der Waals surface area contributed by atoms with Crippen LogP contribution in [-0.4, -0.2) is 38.9 Å². The zero-order valence-corrected chi connectivity index (χ0v) is 15.5. The van der Waals surface area contributed by atoms with Crippen molar-refractivity contribution in [1.82, 2.24) is 9.62 Å². The average molecular weight is 426 g/mol. The van der Waals surface area contributed by atoms with Crippen molar-refractivity contribution in [3.63, 3.8) is 0 Å². The quantitative estimate of drug-likeness (QED) is 0.806. The molecule has 1 atom stereocenters. The summed E-state index contributed by atoms with van der Waals surface area (Å²) in [7, 11) is -1.61. The van der Waals surface area contributed by atoms with Gasteiger partial charge >= 0.3 is 0 Å². The standard InChI is InChI=1S/C13H18Br2N2O2S/c1-9-6-12(15)13(7-11(9)14)20(18,19)17-5-3-4-10(17)8-16-2/h6-7,10,16H,3-5,8H2,1-2H3. The summed E-state index contributed by atoms with van der Waals surface area (Å²) in [6.45, 7) is 3.21. The van der Waals surface area contributed by atoms with Gasteiger partial charge in [-0.1, -0.05) is 15.9 Å². The predicted octanol–water partition coefficient (Wildman–Crippen LogP) is 2.89. The second kappa shape index (κ2) is 6.44. The van der Waals surface area contributed by atoms with Crippen molar-refractivity contribution in [2.75, 3.05) is 20.1 Å². The Morgan fingerprint density at radius 2 is 2.05 bits per heavy atom. The van der Waals surface area contributed by atoms with Gasteiger partial charge in [-0.25, -0.2) is 8.42 Å². The number of sulfonamides is 1. The molecule has 0 radical (unpaired) electrons. The molecule has 1 aliphatic heterocycles. The van der Waals surface area contributed by atoms with Crippen LogP contribution in [0.4, 0.5) is 0 Å². The molecule has 1 heterocycles. The Kier molecular flexibility index (Phi) is 5.29. The predicted molar refractivity (Wildman–Crippen MR) is 87.4 cm³/mol. The van der Waals surface area contributed by atoms with Gasteiger partial charge in [-0.05, 0) is 60.4 Å². The van der Waals surface area contributed by atoms with E-state index in [4.69, 9.17) is 0 Å². The molecule has 0 amide bonds. The second-order valence-electron chi connectivity index (χ2n) is 5.00. The molecule has 1 unspecified atom stereocenters. The second-order valence-corrected chi connectivity index (χ2v) is 8.57. The molecule has 1 fully saturated rings. The largest absolute Gasteiger partial charge is 0.318 e. The van der Waals surface area contributed by atoms with Crippen LogP contribution in [0.3, 0.4) is 0 Å². The molecule has 7 heteroatoms. The van der Waals surface area contributed by atoms with E-state index in [1.54, 1.807) is 10.4 Å². The van der Waals surface area contributed by atoms with Gasteiger partial charge in [0.1, 0.15) is 0 Å². The molecule has 0 aliphatic carbocycles. The fourth-order valence-corrected chi connectivity index (χ4v) is 5.85. The first-order valence-electron chi connectivity index (χ1n) is 6.50. The third-order valence-electron chi connectivity index (χ3n) is 3.56. The SMILES string of the molecule is CNCC1CCCN1S(=O)(=O)c1cc(Br)c(C)cc1Br. The number of rotatable bonds is 4. The maximum Gasteiger partial charge on any atom is 0.244 e. The van der Waals surface area contributed by atoms with Crippen molar-refractivity contribution < 1.29 is 8.42 Å². The van der Waals surface area contributed by atoms with Gasteiger partial charge in [0.2, 0.25) is 10.0 Å². The smallest absolute Gasteiger partial charge is 0.244 e. The third kappa shape index (κ3) is 3.11. The van der Waals surface area contributed by atoms with E-state index < -0.39 is 10.0 Å². The number of nitrogens with zero attached hydrogens (tertiary/aromatic N) is 1. The van der Waals surface area contributed by atoms with Crippen molar-refractivity contribution in [1.29, 1.82) is 0 Å². The number of likely N-dealkylation sites (N-methyl/N-ethyl adjacent to an activating group) is 1. The summed E-state index contributed by atoms with van der Waals surface area (Å²) in [5.74, 6) is 0. The van der Waals surface area contributed by atoms with E-state index in [9.17, 15) is 8.42 Å². The molecule has 1 aromatic rings. The molecule has 1 aromatic carbocycles. The van der Waals surface area contributed by atoms with Gasteiger partial charge in [0.15, 0.2) is 0 Å². The van der Waals surface area contributed by atoms with E-state index in [0.29, 0.717) is 22.5 Å². The van der Waals surface area contributed by atoms with Crippen LogP contribution < -0.4 is 5.32 Å². The summed E-state index contributed by atoms with van der Waals surface area (Å²) in [6.07, 6.45) is 1.82. The van der Waals surface area contributed by atoms with Crippen LogP contribution in [0.1, 0.15) is 18.4 Å². The maximum atomic E-state index is 12.9. The summed E-state index contributed by atoms with van der Waals surface area (Å²) < 4.78 is 28.7. The Hall–Kier alpha value is 0.0500. The minimum atomic E-state index is -3.46. The number of benzene rings is 1. The number of hydrogen-bond acceptors (Lipinski definition) is 3. The lowest BCUT2D eigenvalue weighted by Gasteiger charge is -2.24. The molecule has 4 nitrogen and oxygen atoms in total. The molecule has 112 valence electrons. The van der Waals surface area contributed by atoms with E-state index in [2.05, 4.69) is 37.2 Å². The zero-order chi connectivity index (χ0) is 14.9. The lowest BCUT2D eigenvalue weighted by atomic mass is 10.2. The molecule has 1 aliphatic rings. The Morgan fingerprint density at radius 3 is 2.70 bits per heavy atom. The Morgan fingerprint density at radius 1 is 1.35 bits per heavy atom. The summed E-state index contributed by atoms with van der Waals surface area (Å²) in [5.41, 5.74) is 1.00. The topological polar surface area (TPSA) is 49.4 Å². The van der Waals surface area contributed by atoms with Crippen molar-refractivity contribution in [2.24, 2.45) is 0 Å². The summed E-state index contributed by atoms with van der Waals surface area (Å²) in [4.78, 5) is 0.331. The van der Waals surface area contributed by atoms with Crippen LogP contribution in [-0.2, 0) is 10.0 Å². The number of nitrogens with one attached hydrogen (secondary N) is 1. The van der Waals surface area contributed by atoms with E-state index in [-0.39, 0.29) is 6.04 Å². The van der Waals surface area contributed by atoms with Gasteiger partial charge in [-0.15, -0.1) is 0 Å². The highest BCUT2D eigenvalue weighted by Gasteiger charge is 2.36. The Bertz CT molecular complexity index is 605. The first kappa shape index (κ1) is 16.4. The van der Waals surface area contributed by atoms with Crippen molar-refractivity contribution >= 4 is 41.9 Å². The van der Waals surface area contributed by atoms with Crippen molar-refractivity contribution in [2.45, 2.75) is 30.7 Å². The van der Waals surface area contributed by atoms with Gasteiger partial charge in [-0.2, -0.15) is 4.31 Å². The number of hydrogen-bond donors (Lipinski definition) is 1. The molecule has 0 aromatic heterocycles. The van der Waals surface area contributed by atoms with Crippen LogP contribution in [0.2, 0.25) is 0 Å². The van der Waals surface area contributed by atoms with E-state index in [1.165, 1.54) is 0 Å². The number of halogens is 2. The molecule has 0 spiro atoms. The molecule has 1 saturated heterocycles. The lowest BCUT2D eigenvalue weighted by Crippen LogP contribution is -2.40. The average Bonchev–Trinajstić information content (AvgIpc) is 2.83. The van der Waals surface area contributed by atoms with Gasteiger partial charge in [0.25, 0.3) is 0 Å². The van der Waals surface area contributed by atoms with Gasteiger partial charge < -0.3 is 5.32 Å². The van der Waals surface area contributed by atoms with Gasteiger partial charge in [0.05, 0.1) is 4.90 Å². The molecule has 2 rings (SSSR count). The highest BCUT2D eigenvalue weighted by Crippen LogP contribution is 2.33. The first-order chi connectivity index (χ1) is 9.37. The van der Waals surface area contributed by atoms with Crippen molar-refractivity contribution in [3.8, 4) is 0 Å². The highest BCUT2D eigenvalue weighted by molar-refractivity contribution is 9.11. The Balaban J connectivity index is 2.42. The van der Waals surface area contributed by atoms with Gasteiger partial charge in [-0.3, -0.25) is 0 Å². The van der Waals surface area contributed by atoms with E-state index >= 15 is 0 Å².